The number of nitrogens with two attached hydrogens (primary N) is 1. The first-order valence-corrected chi connectivity index (χ1v) is 11.2. The predicted molar refractivity (Wildman–Crippen MR) is 128 cm³/mol. The van der Waals surface area contributed by atoms with E-state index in [0.29, 0.717) is 46.9 Å². The third kappa shape index (κ3) is 3.96. The number of hydrogen-bond acceptors (Lipinski definition) is 5. The Balaban J connectivity index is 1.79. The minimum atomic E-state index is -0.966. The minimum absolute atomic E-state index is 0.113. The zero-order valence-corrected chi connectivity index (χ0v) is 18.9. The SMILES string of the molecule is CNc1ncc(-c2cc(C)cc(F)c2)c(N2CCC(N)CC2)c1-c1nc2cc(F)c(F)cc2[nH]1. The molecule has 1 saturated heterocycles. The Morgan fingerprint density at radius 1 is 1.06 bits per heavy atom. The van der Waals surface area contributed by atoms with Gasteiger partial charge in [-0.25, -0.2) is 23.1 Å². The van der Waals surface area contributed by atoms with Crippen molar-refractivity contribution in [2.24, 2.45) is 5.73 Å². The van der Waals surface area contributed by atoms with Gasteiger partial charge in [-0.2, -0.15) is 0 Å². The van der Waals surface area contributed by atoms with Crippen LogP contribution < -0.4 is 16.0 Å². The molecular formula is C25H25F3N6. The number of aromatic amines is 1. The Morgan fingerprint density at radius 2 is 1.79 bits per heavy atom. The molecule has 1 fully saturated rings. The summed E-state index contributed by atoms with van der Waals surface area (Å²) >= 11 is 0. The first kappa shape index (κ1) is 22.2. The fraction of sp³-hybridized carbons (Fsp3) is 0.280. The van der Waals surface area contributed by atoms with Crippen molar-refractivity contribution < 1.29 is 13.2 Å². The first-order chi connectivity index (χ1) is 16.3. The lowest BCUT2D eigenvalue weighted by atomic mass is 9.96. The third-order valence-corrected chi connectivity index (χ3v) is 6.26. The van der Waals surface area contributed by atoms with Crippen molar-refractivity contribution in [3.05, 3.63) is 59.5 Å². The molecular weight excluding hydrogens is 441 g/mol. The number of fused-ring (bicyclic) bond motifs is 1. The standard InChI is InChI=1S/C25H25F3N6/c1-13-7-14(9-15(26)8-13)17-12-31-24(30-2)22(23(17)34-5-3-16(29)4-6-34)25-32-20-10-18(27)19(28)11-21(20)33-25/h7-12,16H,3-6,29H2,1-2H3,(H,30,31)(H,32,33). The number of imidazole rings is 1. The molecule has 176 valence electrons. The minimum Gasteiger partial charge on any atom is -0.372 e. The zero-order valence-electron chi connectivity index (χ0n) is 18.9. The maximum Gasteiger partial charge on any atom is 0.161 e. The van der Waals surface area contributed by atoms with E-state index < -0.39 is 11.6 Å². The molecule has 0 bridgehead atoms. The van der Waals surface area contributed by atoms with E-state index in [1.807, 2.05) is 13.0 Å². The van der Waals surface area contributed by atoms with Crippen LogP contribution in [0, 0.1) is 24.4 Å². The number of H-pyrrole nitrogens is 1. The van der Waals surface area contributed by atoms with Gasteiger partial charge in [0.1, 0.15) is 17.5 Å². The van der Waals surface area contributed by atoms with Crippen molar-refractivity contribution in [3.63, 3.8) is 0 Å². The lowest BCUT2D eigenvalue weighted by molar-refractivity contribution is 0.501. The average Bonchev–Trinajstić information content (AvgIpc) is 3.20. The van der Waals surface area contributed by atoms with Gasteiger partial charge in [0, 0.05) is 50.1 Å². The van der Waals surface area contributed by atoms with Crippen LogP contribution in [0.3, 0.4) is 0 Å². The van der Waals surface area contributed by atoms with Crippen molar-refractivity contribution in [2.45, 2.75) is 25.8 Å². The van der Waals surface area contributed by atoms with Crippen LogP contribution in [0.25, 0.3) is 33.5 Å². The summed E-state index contributed by atoms with van der Waals surface area (Å²) in [6.07, 6.45) is 3.32. The van der Waals surface area contributed by atoms with Gasteiger partial charge in [-0.05, 0) is 43.0 Å². The van der Waals surface area contributed by atoms with Crippen molar-refractivity contribution in [2.75, 3.05) is 30.4 Å². The summed E-state index contributed by atoms with van der Waals surface area (Å²) in [7, 11) is 1.75. The number of pyridine rings is 1. The first-order valence-electron chi connectivity index (χ1n) is 11.2. The highest BCUT2D eigenvalue weighted by atomic mass is 19.2. The summed E-state index contributed by atoms with van der Waals surface area (Å²) in [5.41, 5.74) is 10.5. The third-order valence-electron chi connectivity index (χ3n) is 6.26. The second-order valence-corrected chi connectivity index (χ2v) is 8.70. The molecule has 9 heteroatoms. The molecule has 3 heterocycles. The molecule has 4 aromatic rings. The molecule has 0 radical (unpaired) electrons. The summed E-state index contributed by atoms with van der Waals surface area (Å²) in [5, 5.41) is 3.11. The second-order valence-electron chi connectivity index (χ2n) is 8.70. The Hall–Kier alpha value is -3.59. The Morgan fingerprint density at radius 3 is 2.50 bits per heavy atom. The maximum absolute atomic E-state index is 14.4. The summed E-state index contributed by atoms with van der Waals surface area (Å²) in [5.74, 6) is -1.30. The van der Waals surface area contributed by atoms with E-state index in [2.05, 4.69) is 25.2 Å². The van der Waals surface area contributed by atoms with E-state index in [0.717, 1.165) is 41.8 Å². The molecule has 0 unspecified atom stereocenters. The van der Waals surface area contributed by atoms with E-state index >= 15 is 0 Å². The van der Waals surface area contributed by atoms with Gasteiger partial charge in [0.05, 0.1) is 22.3 Å². The normalized spacial score (nSPS) is 14.7. The number of aromatic nitrogens is 3. The van der Waals surface area contributed by atoms with Gasteiger partial charge in [0.15, 0.2) is 11.6 Å². The largest absolute Gasteiger partial charge is 0.372 e. The zero-order chi connectivity index (χ0) is 24.0. The maximum atomic E-state index is 14.4. The van der Waals surface area contributed by atoms with Crippen LogP contribution in [0.4, 0.5) is 24.7 Å². The monoisotopic (exact) mass is 466 g/mol. The van der Waals surface area contributed by atoms with Crippen molar-refractivity contribution in [1.82, 2.24) is 15.0 Å². The Bertz CT molecular complexity index is 1320. The van der Waals surface area contributed by atoms with E-state index in [9.17, 15) is 13.2 Å². The molecule has 2 aromatic carbocycles. The van der Waals surface area contributed by atoms with Gasteiger partial charge in [-0.15, -0.1) is 0 Å². The fourth-order valence-corrected chi connectivity index (χ4v) is 4.59. The molecule has 6 nitrogen and oxygen atoms in total. The van der Waals surface area contributed by atoms with Crippen LogP contribution in [0.15, 0.2) is 36.5 Å². The Kier molecular flexibility index (Phi) is 5.65. The smallest absolute Gasteiger partial charge is 0.161 e. The summed E-state index contributed by atoms with van der Waals surface area (Å²) in [4.78, 5) is 14.5. The van der Waals surface area contributed by atoms with Gasteiger partial charge in [0.25, 0.3) is 0 Å². The van der Waals surface area contributed by atoms with Crippen molar-refractivity contribution >= 4 is 22.5 Å². The molecule has 34 heavy (non-hydrogen) atoms. The number of benzene rings is 2. The topological polar surface area (TPSA) is 82.9 Å². The van der Waals surface area contributed by atoms with Gasteiger partial charge < -0.3 is 20.9 Å². The van der Waals surface area contributed by atoms with Gasteiger partial charge in [-0.1, -0.05) is 6.07 Å². The number of nitrogens with one attached hydrogen (secondary N) is 2. The average molecular weight is 467 g/mol. The summed E-state index contributed by atoms with van der Waals surface area (Å²) in [6, 6.07) is 7.13. The number of piperidine rings is 1. The van der Waals surface area contributed by atoms with Crippen LogP contribution in [0.1, 0.15) is 18.4 Å². The quantitative estimate of drug-likeness (QED) is 0.395. The van der Waals surface area contributed by atoms with Gasteiger partial charge in [-0.3, -0.25) is 0 Å². The molecule has 0 amide bonds. The van der Waals surface area contributed by atoms with Crippen LogP contribution in [-0.2, 0) is 0 Å². The molecule has 2 aromatic heterocycles. The number of hydrogen-bond donors (Lipinski definition) is 3. The summed E-state index contributed by atoms with van der Waals surface area (Å²) < 4.78 is 42.1. The highest BCUT2D eigenvalue weighted by Gasteiger charge is 2.27. The molecule has 1 aliphatic rings. The molecule has 0 atom stereocenters. The van der Waals surface area contributed by atoms with Crippen LogP contribution in [0.2, 0.25) is 0 Å². The van der Waals surface area contributed by atoms with Crippen LogP contribution >= 0.6 is 0 Å². The van der Waals surface area contributed by atoms with Crippen molar-refractivity contribution in [1.29, 1.82) is 0 Å². The van der Waals surface area contributed by atoms with Crippen LogP contribution in [0.5, 0.6) is 0 Å². The number of halogens is 3. The predicted octanol–water partition coefficient (Wildman–Crippen LogP) is 4.99. The van der Waals surface area contributed by atoms with E-state index in [1.165, 1.54) is 12.1 Å². The molecule has 4 N–H and O–H groups in total. The molecule has 5 rings (SSSR count). The van der Waals surface area contributed by atoms with Crippen LogP contribution in [-0.4, -0.2) is 41.1 Å². The van der Waals surface area contributed by atoms with Crippen molar-refractivity contribution in [3.8, 4) is 22.5 Å². The molecule has 0 spiro atoms. The second kappa shape index (κ2) is 8.64. The van der Waals surface area contributed by atoms with E-state index in [4.69, 9.17) is 5.73 Å². The lowest BCUT2D eigenvalue weighted by Crippen LogP contribution is -2.40. The highest BCUT2D eigenvalue weighted by Crippen LogP contribution is 2.43. The highest BCUT2D eigenvalue weighted by molar-refractivity contribution is 5.96. The van der Waals surface area contributed by atoms with E-state index in [-0.39, 0.29) is 11.9 Å². The lowest BCUT2D eigenvalue weighted by Gasteiger charge is -2.35. The van der Waals surface area contributed by atoms with E-state index in [1.54, 1.807) is 13.2 Å². The number of nitrogens with zero attached hydrogens (tertiary/aromatic N) is 3. The number of rotatable bonds is 4. The Labute approximate surface area is 195 Å². The molecule has 0 aliphatic carbocycles. The van der Waals surface area contributed by atoms with Gasteiger partial charge >= 0.3 is 0 Å². The number of aryl methyl sites for hydroxylation is 1. The fourth-order valence-electron chi connectivity index (χ4n) is 4.59. The number of anilines is 2. The summed E-state index contributed by atoms with van der Waals surface area (Å²) in [6.45, 7) is 3.24. The van der Waals surface area contributed by atoms with Gasteiger partial charge in [0.2, 0.25) is 0 Å². The molecule has 0 saturated carbocycles. The molecule has 1 aliphatic heterocycles.